The third kappa shape index (κ3) is 5.63. The van der Waals surface area contributed by atoms with Crippen molar-refractivity contribution in [3.63, 3.8) is 0 Å². The van der Waals surface area contributed by atoms with Crippen LogP contribution in [0.25, 0.3) is 0 Å². The monoisotopic (exact) mass is 383 g/mol. The lowest BCUT2D eigenvalue weighted by Crippen LogP contribution is -2.26. The zero-order chi connectivity index (χ0) is 15.9. The molecule has 0 aliphatic carbocycles. The van der Waals surface area contributed by atoms with Gasteiger partial charge in [-0.25, -0.2) is 17.5 Å². The van der Waals surface area contributed by atoms with E-state index in [1.807, 2.05) is 6.92 Å². The highest BCUT2D eigenvalue weighted by molar-refractivity contribution is 9.10. The normalized spacial score (nSPS) is 11.8. The van der Waals surface area contributed by atoms with Crippen molar-refractivity contribution >= 4 is 26.0 Å². The van der Waals surface area contributed by atoms with E-state index in [-0.39, 0.29) is 12.1 Å². The molecule has 1 aromatic rings. The van der Waals surface area contributed by atoms with E-state index in [1.54, 1.807) is 0 Å². The minimum absolute atomic E-state index is 0.0731. The largest absolute Gasteiger partial charge is 0.392 e. The maximum Gasteiger partial charge on any atom is 0.243 e. The van der Waals surface area contributed by atoms with Gasteiger partial charge in [-0.15, -0.1) is 0 Å². The lowest BCUT2D eigenvalue weighted by molar-refractivity contribution is 0.133. The number of aliphatic hydroxyl groups excluding tert-OH is 1. The summed E-state index contributed by atoms with van der Waals surface area (Å²) in [7, 11) is -3.96. The Hall–Kier alpha value is -0.540. The Morgan fingerprint density at radius 2 is 2.10 bits per heavy atom. The molecule has 0 fully saturated rings. The smallest absolute Gasteiger partial charge is 0.243 e. The number of ether oxygens (including phenoxy) is 1. The summed E-state index contributed by atoms with van der Waals surface area (Å²) in [5.41, 5.74) is -0.0731. The highest BCUT2D eigenvalue weighted by Gasteiger charge is 2.21. The Bertz CT molecular complexity index is 566. The van der Waals surface area contributed by atoms with Gasteiger partial charge in [-0.3, -0.25) is 0 Å². The molecular formula is C13H19BrFNO4S. The molecule has 0 saturated carbocycles. The van der Waals surface area contributed by atoms with Gasteiger partial charge < -0.3 is 9.84 Å². The van der Waals surface area contributed by atoms with Gasteiger partial charge in [0, 0.05) is 29.8 Å². The summed E-state index contributed by atoms with van der Waals surface area (Å²) in [5.74, 6) is -0.935. The van der Waals surface area contributed by atoms with Gasteiger partial charge in [0.05, 0.1) is 6.61 Å². The predicted octanol–water partition coefficient (Wildman–Crippen LogP) is 2.18. The quantitative estimate of drug-likeness (QED) is 0.640. The van der Waals surface area contributed by atoms with Crippen molar-refractivity contribution in [1.29, 1.82) is 0 Å². The van der Waals surface area contributed by atoms with E-state index in [1.165, 1.54) is 12.1 Å². The van der Waals surface area contributed by atoms with Gasteiger partial charge in [0.2, 0.25) is 10.0 Å². The van der Waals surface area contributed by atoms with E-state index in [2.05, 4.69) is 20.7 Å². The summed E-state index contributed by atoms with van der Waals surface area (Å²) in [6.07, 6.45) is 1.40. The average molecular weight is 384 g/mol. The predicted molar refractivity (Wildman–Crippen MR) is 80.9 cm³/mol. The molecule has 0 spiro atoms. The van der Waals surface area contributed by atoms with Gasteiger partial charge in [0.25, 0.3) is 0 Å². The number of aliphatic hydroxyl groups is 1. The average Bonchev–Trinajstić information content (AvgIpc) is 2.44. The number of halogens is 2. The molecule has 0 unspecified atom stereocenters. The van der Waals surface area contributed by atoms with Crippen molar-refractivity contribution in [2.45, 2.75) is 31.3 Å². The van der Waals surface area contributed by atoms with Crippen LogP contribution in [0.1, 0.15) is 25.3 Å². The Morgan fingerprint density at radius 3 is 2.71 bits per heavy atom. The van der Waals surface area contributed by atoms with E-state index in [4.69, 9.17) is 9.84 Å². The molecule has 0 amide bonds. The van der Waals surface area contributed by atoms with Crippen LogP contribution < -0.4 is 4.72 Å². The summed E-state index contributed by atoms with van der Waals surface area (Å²) in [4.78, 5) is -0.476. The zero-order valence-corrected chi connectivity index (χ0v) is 14.1. The molecule has 5 nitrogen and oxygen atoms in total. The fraction of sp³-hybridized carbons (Fsp3) is 0.538. The fourth-order valence-corrected chi connectivity index (χ4v) is 3.51. The zero-order valence-electron chi connectivity index (χ0n) is 11.7. The van der Waals surface area contributed by atoms with Gasteiger partial charge in [-0.1, -0.05) is 22.9 Å². The Kier molecular flexibility index (Phi) is 7.75. The summed E-state index contributed by atoms with van der Waals surface area (Å²) in [6.45, 7) is 2.65. The molecule has 0 aromatic heterocycles. The van der Waals surface area contributed by atoms with Crippen molar-refractivity contribution in [3.8, 4) is 0 Å². The Balaban J connectivity index is 2.72. The second kappa shape index (κ2) is 8.79. The number of benzene rings is 1. The molecule has 1 rings (SSSR count). The molecule has 0 aliphatic rings. The summed E-state index contributed by atoms with van der Waals surface area (Å²) in [5, 5.41) is 9.04. The Labute approximate surface area is 132 Å². The maximum atomic E-state index is 14.0. The second-order valence-corrected chi connectivity index (χ2v) is 7.05. The third-order valence-electron chi connectivity index (χ3n) is 2.65. The SMILES string of the molecule is CCCOCCCNS(=O)(=O)c1cc(Br)cc(CO)c1F. The van der Waals surface area contributed by atoms with Crippen LogP contribution >= 0.6 is 15.9 Å². The van der Waals surface area contributed by atoms with E-state index in [9.17, 15) is 12.8 Å². The van der Waals surface area contributed by atoms with Gasteiger partial charge >= 0.3 is 0 Å². The number of hydrogen-bond donors (Lipinski definition) is 2. The molecule has 1 aromatic carbocycles. The van der Waals surface area contributed by atoms with E-state index >= 15 is 0 Å². The highest BCUT2D eigenvalue weighted by atomic mass is 79.9. The van der Waals surface area contributed by atoms with E-state index in [0.29, 0.717) is 24.1 Å². The fourth-order valence-electron chi connectivity index (χ4n) is 1.63. The summed E-state index contributed by atoms with van der Waals surface area (Å²) < 4.78 is 46.1. The van der Waals surface area contributed by atoms with Crippen LogP contribution in [0.5, 0.6) is 0 Å². The minimum Gasteiger partial charge on any atom is -0.392 e. The summed E-state index contributed by atoms with van der Waals surface area (Å²) >= 11 is 3.10. The molecule has 21 heavy (non-hydrogen) atoms. The first kappa shape index (κ1) is 18.5. The van der Waals surface area contributed by atoms with E-state index < -0.39 is 27.3 Å². The molecule has 0 atom stereocenters. The van der Waals surface area contributed by atoms with E-state index in [0.717, 1.165) is 6.42 Å². The van der Waals surface area contributed by atoms with Crippen molar-refractivity contribution in [3.05, 3.63) is 28.0 Å². The first-order valence-corrected chi connectivity index (χ1v) is 8.86. The molecular weight excluding hydrogens is 365 g/mol. The molecule has 2 N–H and O–H groups in total. The molecule has 0 radical (unpaired) electrons. The maximum absolute atomic E-state index is 14.0. The molecule has 0 aliphatic heterocycles. The summed E-state index contributed by atoms with van der Waals surface area (Å²) in [6, 6.07) is 2.51. The topological polar surface area (TPSA) is 75.6 Å². The highest BCUT2D eigenvalue weighted by Crippen LogP contribution is 2.24. The molecule has 120 valence electrons. The van der Waals surface area contributed by atoms with Gasteiger partial charge in [0.15, 0.2) is 0 Å². The van der Waals surface area contributed by atoms with Crippen LogP contribution in [0.2, 0.25) is 0 Å². The number of sulfonamides is 1. The Morgan fingerprint density at radius 1 is 1.38 bits per heavy atom. The van der Waals surface area contributed by atoms with Crippen molar-refractivity contribution in [2.24, 2.45) is 0 Å². The van der Waals surface area contributed by atoms with Crippen molar-refractivity contribution in [1.82, 2.24) is 4.72 Å². The second-order valence-electron chi connectivity index (χ2n) is 4.40. The third-order valence-corrected chi connectivity index (χ3v) is 4.56. The first-order valence-electron chi connectivity index (χ1n) is 6.58. The standard InChI is InChI=1S/C13H19BrFNO4S/c1-2-5-20-6-3-4-16-21(18,19)12-8-11(14)7-10(9-17)13(12)15/h7-8,16-17H,2-6,9H2,1H3. The van der Waals surface area contributed by atoms with Crippen LogP contribution in [0.4, 0.5) is 4.39 Å². The van der Waals surface area contributed by atoms with Crippen LogP contribution in [-0.2, 0) is 21.4 Å². The lowest BCUT2D eigenvalue weighted by atomic mass is 10.2. The van der Waals surface area contributed by atoms with Crippen LogP contribution in [0, 0.1) is 5.82 Å². The van der Waals surface area contributed by atoms with Crippen molar-refractivity contribution in [2.75, 3.05) is 19.8 Å². The number of hydrogen-bond acceptors (Lipinski definition) is 4. The van der Waals surface area contributed by atoms with Gasteiger partial charge in [-0.2, -0.15) is 0 Å². The molecule has 8 heteroatoms. The molecule has 0 heterocycles. The van der Waals surface area contributed by atoms with Gasteiger partial charge in [0.1, 0.15) is 10.7 Å². The lowest BCUT2D eigenvalue weighted by Gasteiger charge is -2.10. The minimum atomic E-state index is -3.96. The van der Waals surface area contributed by atoms with Gasteiger partial charge in [-0.05, 0) is 25.0 Å². The van der Waals surface area contributed by atoms with Crippen LogP contribution in [0.3, 0.4) is 0 Å². The van der Waals surface area contributed by atoms with Crippen LogP contribution in [0.15, 0.2) is 21.5 Å². The first-order chi connectivity index (χ1) is 9.92. The molecule has 0 saturated heterocycles. The number of rotatable bonds is 9. The molecule has 0 bridgehead atoms. The van der Waals surface area contributed by atoms with Crippen LogP contribution in [-0.4, -0.2) is 33.3 Å². The number of nitrogens with one attached hydrogen (secondary N) is 1. The van der Waals surface area contributed by atoms with Crippen molar-refractivity contribution < 1.29 is 22.7 Å².